The Bertz CT molecular complexity index is 111. The molecule has 0 aliphatic heterocycles. The number of hydrogen-bond donors (Lipinski definition) is 1. The summed E-state index contributed by atoms with van der Waals surface area (Å²) in [5.41, 5.74) is 0. The largest absolute Gasteiger partial charge is 0.383 e. The normalized spacial score (nSPS) is 13.1. The summed E-state index contributed by atoms with van der Waals surface area (Å²) in [6.45, 7) is 4.20. The molecule has 0 aromatic carbocycles. The van der Waals surface area contributed by atoms with Gasteiger partial charge in [-0.05, 0) is 31.4 Å². The third-order valence-electron chi connectivity index (χ3n) is 2.23. The molecule has 0 spiro atoms. The lowest BCUT2D eigenvalue weighted by molar-refractivity contribution is 0.161. The number of methoxy groups -OCH3 is 1. The number of nitrogens with one attached hydrogen (secondary N) is 1. The molecule has 2 nitrogen and oxygen atoms in total. The van der Waals surface area contributed by atoms with Gasteiger partial charge in [-0.15, -0.1) is 0 Å². The molecule has 0 aromatic heterocycles. The molecule has 0 aromatic rings. The van der Waals surface area contributed by atoms with Gasteiger partial charge in [0.15, 0.2) is 0 Å². The highest BCUT2D eigenvalue weighted by atomic mass is 32.2. The average Bonchev–Trinajstić information content (AvgIpc) is 2.20. The minimum atomic E-state index is 0.557. The van der Waals surface area contributed by atoms with Crippen LogP contribution in [-0.4, -0.2) is 38.3 Å². The number of rotatable bonds is 10. The fraction of sp³-hybridized carbons (Fsp3) is 1.00. The zero-order valence-corrected chi connectivity index (χ0v) is 10.7. The molecule has 86 valence electrons. The van der Waals surface area contributed by atoms with Crippen LogP contribution in [0.3, 0.4) is 0 Å². The topological polar surface area (TPSA) is 21.3 Å². The van der Waals surface area contributed by atoms with Crippen molar-refractivity contribution in [3.05, 3.63) is 0 Å². The van der Waals surface area contributed by atoms with Crippen LogP contribution in [-0.2, 0) is 4.74 Å². The molecule has 3 heteroatoms. The monoisotopic (exact) mass is 219 g/mol. The second kappa shape index (κ2) is 11.3. The number of thioether (sulfide) groups is 1. The Morgan fingerprint density at radius 2 is 2.14 bits per heavy atom. The zero-order chi connectivity index (χ0) is 10.6. The van der Waals surface area contributed by atoms with E-state index in [-0.39, 0.29) is 0 Å². The summed E-state index contributed by atoms with van der Waals surface area (Å²) in [5.74, 6) is 1.25. The van der Waals surface area contributed by atoms with Gasteiger partial charge in [0.25, 0.3) is 0 Å². The van der Waals surface area contributed by atoms with E-state index in [0.29, 0.717) is 6.04 Å². The van der Waals surface area contributed by atoms with Crippen LogP contribution >= 0.6 is 11.8 Å². The molecule has 0 rings (SSSR count). The second-order valence-electron chi connectivity index (χ2n) is 3.59. The summed E-state index contributed by atoms with van der Waals surface area (Å²) in [4.78, 5) is 0. The van der Waals surface area contributed by atoms with Gasteiger partial charge in [0.2, 0.25) is 0 Å². The fourth-order valence-corrected chi connectivity index (χ4v) is 1.85. The van der Waals surface area contributed by atoms with Crippen molar-refractivity contribution in [3.63, 3.8) is 0 Å². The van der Waals surface area contributed by atoms with Gasteiger partial charge >= 0.3 is 0 Å². The molecule has 0 saturated carbocycles. The molecule has 1 unspecified atom stereocenters. The Hall–Kier alpha value is 0.270. The van der Waals surface area contributed by atoms with E-state index in [1.807, 2.05) is 11.8 Å². The Kier molecular flexibility index (Phi) is 11.6. The van der Waals surface area contributed by atoms with Gasteiger partial charge in [-0.2, -0.15) is 11.8 Å². The minimum Gasteiger partial charge on any atom is -0.383 e. The first-order valence-electron chi connectivity index (χ1n) is 5.56. The van der Waals surface area contributed by atoms with Gasteiger partial charge in [-0.3, -0.25) is 0 Å². The van der Waals surface area contributed by atoms with Crippen molar-refractivity contribution in [2.75, 3.05) is 32.3 Å². The highest BCUT2D eigenvalue weighted by Crippen LogP contribution is 2.01. The first-order chi connectivity index (χ1) is 6.85. The van der Waals surface area contributed by atoms with Crippen molar-refractivity contribution in [1.29, 1.82) is 0 Å². The lowest BCUT2D eigenvalue weighted by atomic mass is 10.1. The van der Waals surface area contributed by atoms with Gasteiger partial charge in [0, 0.05) is 13.2 Å². The van der Waals surface area contributed by atoms with Crippen LogP contribution < -0.4 is 5.32 Å². The van der Waals surface area contributed by atoms with Gasteiger partial charge < -0.3 is 10.1 Å². The molecular formula is C11H25NOS. The first kappa shape index (κ1) is 14.3. The van der Waals surface area contributed by atoms with Crippen molar-refractivity contribution in [2.45, 2.75) is 38.6 Å². The SMILES string of the molecule is CCCCC(COC)NCCCSC. The smallest absolute Gasteiger partial charge is 0.0615 e. The molecule has 0 aliphatic rings. The lowest BCUT2D eigenvalue weighted by Crippen LogP contribution is -2.34. The molecule has 0 bridgehead atoms. The number of hydrogen-bond acceptors (Lipinski definition) is 3. The van der Waals surface area contributed by atoms with Crippen LogP contribution in [0.2, 0.25) is 0 Å². The van der Waals surface area contributed by atoms with E-state index in [4.69, 9.17) is 4.74 Å². The molecule has 1 atom stereocenters. The third kappa shape index (κ3) is 8.85. The number of ether oxygens (including phenoxy) is 1. The van der Waals surface area contributed by atoms with E-state index < -0.39 is 0 Å². The van der Waals surface area contributed by atoms with Gasteiger partial charge in [0.1, 0.15) is 0 Å². The van der Waals surface area contributed by atoms with Gasteiger partial charge in [0.05, 0.1) is 6.61 Å². The van der Waals surface area contributed by atoms with E-state index in [1.165, 1.54) is 31.4 Å². The Morgan fingerprint density at radius 1 is 1.36 bits per heavy atom. The van der Waals surface area contributed by atoms with Gasteiger partial charge in [-0.1, -0.05) is 19.8 Å². The van der Waals surface area contributed by atoms with E-state index in [9.17, 15) is 0 Å². The van der Waals surface area contributed by atoms with Crippen LogP contribution in [0.4, 0.5) is 0 Å². The molecule has 0 saturated heterocycles. The number of unbranched alkanes of at least 4 members (excludes halogenated alkanes) is 1. The summed E-state index contributed by atoms with van der Waals surface area (Å²) in [5, 5.41) is 3.55. The Labute approximate surface area is 93.2 Å². The maximum absolute atomic E-state index is 5.19. The Morgan fingerprint density at radius 3 is 2.71 bits per heavy atom. The summed E-state index contributed by atoms with van der Waals surface area (Å²) in [6, 6.07) is 0.557. The van der Waals surface area contributed by atoms with Gasteiger partial charge in [-0.25, -0.2) is 0 Å². The lowest BCUT2D eigenvalue weighted by Gasteiger charge is -2.17. The van der Waals surface area contributed by atoms with Crippen molar-refractivity contribution < 1.29 is 4.74 Å². The molecule has 0 heterocycles. The van der Waals surface area contributed by atoms with Crippen LogP contribution in [0.5, 0.6) is 0 Å². The quantitative estimate of drug-likeness (QED) is 0.571. The molecule has 0 fully saturated rings. The van der Waals surface area contributed by atoms with E-state index in [0.717, 1.165) is 13.2 Å². The van der Waals surface area contributed by atoms with E-state index in [2.05, 4.69) is 18.5 Å². The highest BCUT2D eigenvalue weighted by Gasteiger charge is 2.05. The van der Waals surface area contributed by atoms with Crippen LogP contribution in [0.1, 0.15) is 32.6 Å². The third-order valence-corrected chi connectivity index (χ3v) is 2.93. The predicted octanol–water partition coefficient (Wildman–Crippen LogP) is 2.53. The maximum Gasteiger partial charge on any atom is 0.0615 e. The van der Waals surface area contributed by atoms with E-state index in [1.54, 1.807) is 7.11 Å². The van der Waals surface area contributed by atoms with Crippen LogP contribution in [0.15, 0.2) is 0 Å². The molecule has 0 aliphatic carbocycles. The summed E-state index contributed by atoms with van der Waals surface area (Å²) < 4.78 is 5.19. The van der Waals surface area contributed by atoms with Crippen molar-refractivity contribution in [2.24, 2.45) is 0 Å². The van der Waals surface area contributed by atoms with Crippen LogP contribution in [0.25, 0.3) is 0 Å². The molecule has 1 N–H and O–H groups in total. The summed E-state index contributed by atoms with van der Waals surface area (Å²) in [7, 11) is 1.78. The van der Waals surface area contributed by atoms with E-state index >= 15 is 0 Å². The highest BCUT2D eigenvalue weighted by molar-refractivity contribution is 7.98. The minimum absolute atomic E-state index is 0.557. The Balaban J connectivity index is 3.40. The predicted molar refractivity (Wildman–Crippen MR) is 66.2 cm³/mol. The average molecular weight is 219 g/mol. The standard InChI is InChI=1S/C11H25NOS/c1-4-5-7-11(10-13-2)12-8-6-9-14-3/h11-12H,4-10H2,1-3H3. The van der Waals surface area contributed by atoms with Crippen LogP contribution in [0, 0.1) is 0 Å². The zero-order valence-electron chi connectivity index (χ0n) is 9.84. The van der Waals surface area contributed by atoms with Crippen molar-refractivity contribution >= 4 is 11.8 Å². The second-order valence-corrected chi connectivity index (χ2v) is 4.58. The molecule has 0 amide bonds. The molecule has 0 radical (unpaired) electrons. The maximum atomic E-state index is 5.19. The summed E-state index contributed by atoms with van der Waals surface area (Å²) in [6.07, 6.45) is 7.22. The van der Waals surface area contributed by atoms with Crippen molar-refractivity contribution in [1.82, 2.24) is 5.32 Å². The van der Waals surface area contributed by atoms with Crippen molar-refractivity contribution in [3.8, 4) is 0 Å². The molecular weight excluding hydrogens is 194 g/mol. The first-order valence-corrected chi connectivity index (χ1v) is 6.95. The fourth-order valence-electron chi connectivity index (χ4n) is 1.42. The summed E-state index contributed by atoms with van der Waals surface area (Å²) >= 11 is 1.91. The molecule has 14 heavy (non-hydrogen) atoms.